The van der Waals surface area contributed by atoms with E-state index in [0.29, 0.717) is 5.69 Å². The zero-order valence-electron chi connectivity index (χ0n) is 13.2. The molecule has 0 aromatic heterocycles. The van der Waals surface area contributed by atoms with E-state index in [9.17, 15) is 4.79 Å². The van der Waals surface area contributed by atoms with E-state index >= 15 is 0 Å². The van der Waals surface area contributed by atoms with Gasteiger partial charge in [-0.2, -0.15) is 0 Å². The normalized spacial score (nSPS) is 18.6. The molecule has 1 aliphatic rings. The van der Waals surface area contributed by atoms with E-state index < -0.39 is 0 Å². The summed E-state index contributed by atoms with van der Waals surface area (Å²) in [6.07, 6.45) is 6.26. The van der Waals surface area contributed by atoms with Gasteiger partial charge < -0.3 is 11.1 Å². The van der Waals surface area contributed by atoms with Crippen molar-refractivity contribution in [2.24, 2.45) is 0 Å². The molecule has 1 aromatic carbocycles. The number of rotatable bonds is 3. The van der Waals surface area contributed by atoms with Gasteiger partial charge in [-0.3, -0.25) is 9.69 Å². The number of amides is 1. The van der Waals surface area contributed by atoms with Gasteiger partial charge in [0, 0.05) is 11.4 Å². The van der Waals surface area contributed by atoms with Crippen LogP contribution in [0.25, 0.3) is 0 Å². The van der Waals surface area contributed by atoms with Crippen LogP contribution in [0.5, 0.6) is 0 Å². The van der Waals surface area contributed by atoms with Crippen molar-refractivity contribution >= 4 is 17.3 Å². The van der Waals surface area contributed by atoms with Gasteiger partial charge in [-0.25, -0.2) is 0 Å². The van der Waals surface area contributed by atoms with Crippen LogP contribution in [-0.4, -0.2) is 29.9 Å². The molecule has 1 fully saturated rings. The highest BCUT2D eigenvalue weighted by atomic mass is 16.2. The van der Waals surface area contributed by atoms with E-state index in [1.807, 2.05) is 32.0 Å². The topological polar surface area (TPSA) is 58.4 Å². The van der Waals surface area contributed by atoms with E-state index in [1.165, 1.54) is 32.1 Å². The van der Waals surface area contributed by atoms with Gasteiger partial charge in [0.2, 0.25) is 5.91 Å². The Hall–Kier alpha value is -1.55. The lowest BCUT2D eigenvalue weighted by Gasteiger charge is -2.29. The van der Waals surface area contributed by atoms with Gasteiger partial charge in [-0.1, -0.05) is 25.3 Å². The van der Waals surface area contributed by atoms with Gasteiger partial charge in [0.1, 0.15) is 0 Å². The first-order valence-electron chi connectivity index (χ1n) is 7.99. The summed E-state index contributed by atoms with van der Waals surface area (Å²) in [4.78, 5) is 14.8. The molecular weight excluding hydrogens is 262 g/mol. The Kier molecular flexibility index (Phi) is 5.62. The molecule has 1 amide bonds. The SMILES string of the molecule is Cc1ccc(N)cc1NC(=O)C(C)N1CCCCCCC1. The van der Waals surface area contributed by atoms with Gasteiger partial charge in [0.05, 0.1) is 6.04 Å². The van der Waals surface area contributed by atoms with Gasteiger partial charge in [-0.15, -0.1) is 0 Å². The summed E-state index contributed by atoms with van der Waals surface area (Å²) in [6, 6.07) is 5.52. The van der Waals surface area contributed by atoms with Gasteiger partial charge in [-0.05, 0) is 57.5 Å². The Balaban J connectivity index is 1.99. The Bertz CT molecular complexity index is 479. The fourth-order valence-electron chi connectivity index (χ4n) is 2.84. The van der Waals surface area contributed by atoms with E-state index in [-0.39, 0.29) is 11.9 Å². The Labute approximate surface area is 127 Å². The van der Waals surface area contributed by atoms with Crippen molar-refractivity contribution < 1.29 is 4.79 Å². The number of hydrogen-bond donors (Lipinski definition) is 2. The summed E-state index contributed by atoms with van der Waals surface area (Å²) in [5.74, 6) is 0.0595. The summed E-state index contributed by atoms with van der Waals surface area (Å²) >= 11 is 0. The Morgan fingerprint density at radius 1 is 1.19 bits per heavy atom. The maximum absolute atomic E-state index is 12.5. The number of benzene rings is 1. The fourth-order valence-corrected chi connectivity index (χ4v) is 2.84. The second kappa shape index (κ2) is 7.46. The van der Waals surface area contributed by atoms with Crippen LogP contribution >= 0.6 is 0 Å². The lowest BCUT2D eigenvalue weighted by molar-refractivity contribution is -0.120. The maximum atomic E-state index is 12.5. The zero-order valence-corrected chi connectivity index (χ0v) is 13.2. The third kappa shape index (κ3) is 4.46. The number of aryl methyl sites for hydroxylation is 1. The molecule has 3 N–H and O–H groups in total. The molecule has 0 bridgehead atoms. The first-order chi connectivity index (χ1) is 10.1. The van der Waals surface area contributed by atoms with Crippen molar-refractivity contribution in [1.82, 2.24) is 4.90 Å². The van der Waals surface area contributed by atoms with E-state index in [0.717, 1.165) is 24.3 Å². The molecule has 0 saturated carbocycles. The Morgan fingerprint density at radius 2 is 1.81 bits per heavy atom. The van der Waals surface area contributed by atoms with Crippen LogP contribution in [0.2, 0.25) is 0 Å². The predicted molar refractivity (Wildman–Crippen MR) is 88.3 cm³/mol. The molecule has 1 aliphatic heterocycles. The minimum Gasteiger partial charge on any atom is -0.399 e. The molecule has 4 nitrogen and oxygen atoms in total. The van der Waals surface area contributed by atoms with Crippen molar-refractivity contribution in [3.8, 4) is 0 Å². The molecule has 1 aromatic rings. The third-order valence-electron chi connectivity index (χ3n) is 4.34. The van der Waals surface area contributed by atoms with Gasteiger partial charge >= 0.3 is 0 Å². The van der Waals surface area contributed by atoms with Crippen molar-refractivity contribution in [1.29, 1.82) is 0 Å². The van der Waals surface area contributed by atoms with Crippen LogP contribution in [0.3, 0.4) is 0 Å². The number of carbonyl (C=O) groups is 1. The largest absolute Gasteiger partial charge is 0.399 e. The lowest BCUT2D eigenvalue weighted by Crippen LogP contribution is -2.43. The molecular formula is C17H27N3O. The first kappa shape index (κ1) is 15.8. The van der Waals surface area contributed by atoms with E-state index in [4.69, 9.17) is 5.73 Å². The molecule has 1 atom stereocenters. The van der Waals surface area contributed by atoms with Crippen molar-refractivity contribution in [2.45, 2.75) is 52.0 Å². The quantitative estimate of drug-likeness (QED) is 0.840. The first-order valence-corrected chi connectivity index (χ1v) is 7.99. The molecule has 1 saturated heterocycles. The monoisotopic (exact) mass is 289 g/mol. The highest BCUT2D eigenvalue weighted by molar-refractivity contribution is 5.95. The average molecular weight is 289 g/mol. The van der Waals surface area contributed by atoms with Crippen LogP contribution < -0.4 is 11.1 Å². The smallest absolute Gasteiger partial charge is 0.241 e. The molecule has 0 aliphatic carbocycles. The molecule has 116 valence electrons. The second-order valence-electron chi connectivity index (χ2n) is 6.04. The number of likely N-dealkylation sites (tertiary alicyclic amines) is 1. The minimum absolute atomic E-state index is 0.0595. The highest BCUT2D eigenvalue weighted by Gasteiger charge is 2.22. The average Bonchev–Trinajstić information content (AvgIpc) is 2.42. The molecule has 21 heavy (non-hydrogen) atoms. The summed E-state index contributed by atoms with van der Waals surface area (Å²) in [5.41, 5.74) is 8.33. The fraction of sp³-hybridized carbons (Fsp3) is 0.588. The van der Waals surface area contributed by atoms with Crippen LogP contribution in [0, 0.1) is 6.92 Å². The van der Waals surface area contributed by atoms with E-state index in [1.54, 1.807) is 0 Å². The summed E-state index contributed by atoms with van der Waals surface area (Å²) in [7, 11) is 0. The number of nitrogens with zero attached hydrogens (tertiary/aromatic N) is 1. The van der Waals surface area contributed by atoms with Gasteiger partial charge in [0.25, 0.3) is 0 Å². The number of nitrogen functional groups attached to an aromatic ring is 1. The molecule has 1 unspecified atom stereocenters. The van der Waals surface area contributed by atoms with Crippen molar-refractivity contribution in [3.63, 3.8) is 0 Å². The van der Waals surface area contributed by atoms with Crippen molar-refractivity contribution in [2.75, 3.05) is 24.1 Å². The third-order valence-corrected chi connectivity index (χ3v) is 4.34. The molecule has 0 radical (unpaired) electrons. The zero-order chi connectivity index (χ0) is 15.2. The summed E-state index contributed by atoms with van der Waals surface area (Å²) < 4.78 is 0. The van der Waals surface area contributed by atoms with Crippen LogP contribution in [0.15, 0.2) is 18.2 Å². The molecule has 1 heterocycles. The number of nitrogens with one attached hydrogen (secondary N) is 1. The minimum atomic E-state index is -0.0936. The van der Waals surface area contributed by atoms with Crippen LogP contribution in [-0.2, 0) is 4.79 Å². The number of anilines is 2. The number of carbonyl (C=O) groups excluding carboxylic acids is 1. The second-order valence-corrected chi connectivity index (χ2v) is 6.04. The summed E-state index contributed by atoms with van der Waals surface area (Å²) in [5, 5.41) is 3.02. The number of hydrogen-bond acceptors (Lipinski definition) is 3. The van der Waals surface area contributed by atoms with Crippen LogP contribution in [0.4, 0.5) is 11.4 Å². The maximum Gasteiger partial charge on any atom is 0.241 e. The van der Waals surface area contributed by atoms with Crippen LogP contribution in [0.1, 0.15) is 44.6 Å². The summed E-state index contributed by atoms with van der Waals surface area (Å²) in [6.45, 7) is 6.02. The molecule has 4 heteroatoms. The van der Waals surface area contributed by atoms with Gasteiger partial charge in [0.15, 0.2) is 0 Å². The predicted octanol–water partition coefficient (Wildman–Crippen LogP) is 3.17. The lowest BCUT2D eigenvalue weighted by atomic mass is 10.1. The standard InChI is InChI=1S/C17H27N3O/c1-13-8-9-15(18)12-16(13)19-17(21)14(2)20-10-6-4-3-5-7-11-20/h8-9,12,14H,3-7,10-11,18H2,1-2H3,(H,19,21). The van der Waals surface area contributed by atoms with E-state index in [2.05, 4.69) is 10.2 Å². The Morgan fingerprint density at radius 3 is 2.48 bits per heavy atom. The highest BCUT2D eigenvalue weighted by Crippen LogP contribution is 2.19. The molecule has 0 spiro atoms. The molecule has 2 rings (SSSR count). The van der Waals surface area contributed by atoms with Crippen molar-refractivity contribution in [3.05, 3.63) is 23.8 Å². The number of nitrogens with two attached hydrogens (primary N) is 1.